The maximum absolute atomic E-state index is 13.2. The number of rotatable bonds is 6. The zero-order chi connectivity index (χ0) is 16.8. The molecule has 2 rings (SSSR count). The highest BCUT2D eigenvalue weighted by molar-refractivity contribution is 5.93. The van der Waals surface area contributed by atoms with E-state index in [0.717, 1.165) is 16.8 Å². The zero-order valence-electron chi connectivity index (χ0n) is 13.3. The number of carbonyl (C=O) groups is 1. The number of halogens is 1. The summed E-state index contributed by atoms with van der Waals surface area (Å²) in [6.45, 7) is 3.72. The Bertz CT molecular complexity index is 688. The third-order valence-corrected chi connectivity index (χ3v) is 3.60. The van der Waals surface area contributed by atoms with Crippen molar-refractivity contribution in [1.29, 1.82) is 0 Å². The maximum atomic E-state index is 13.2. The molecule has 0 saturated heterocycles. The quantitative estimate of drug-likeness (QED) is 0.768. The number of hydrogen-bond donors (Lipinski definition) is 3. The van der Waals surface area contributed by atoms with Gasteiger partial charge in [-0.3, -0.25) is 10.1 Å². The van der Waals surface area contributed by atoms with Crippen LogP contribution in [-0.4, -0.2) is 24.2 Å². The molecule has 0 aromatic heterocycles. The van der Waals surface area contributed by atoms with Gasteiger partial charge in [-0.2, -0.15) is 0 Å². The van der Waals surface area contributed by atoms with Gasteiger partial charge >= 0.3 is 0 Å². The molecule has 3 N–H and O–H groups in total. The highest BCUT2D eigenvalue weighted by Gasteiger charge is 2.13. The SMILES string of the molecule is Cc1ccc(NC(=O)CNC(CO)c2cccc(F)c2)c(C)c1. The molecule has 2 aromatic carbocycles. The van der Waals surface area contributed by atoms with Crippen LogP contribution in [0.3, 0.4) is 0 Å². The Morgan fingerprint density at radius 1 is 1.22 bits per heavy atom. The first kappa shape index (κ1) is 17.1. The lowest BCUT2D eigenvalue weighted by Gasteiger charge is -2.17. The molecule has 5 heteroatoms. The molecule has 2 aromatic rings. The summed E-state index contributed by atoms with van der Waals surface area (Å²) in [5.74, 6) is -0.589. The smallest absolute Gasteiger partial charge is 0.238 e. The predicted octanol–water partition coefficient (Wildman–Crippen LogP) is 2.70. The summed E-state index contributed by atoms with van der Waals surface area (Å²) in [4.78, 5) is 12.0. The third kappa shape index (κ3) is 4.87. The van der Waals surface area contributed by atoms with Crippen LogP contribution in [0.5, 0.6) is 0 Å². The van der Waals surface area contributed by atoms with Crippen LogP contribution in [0.4, 0.5) is 10.1 Å². The summed E-state index contributed by atoms with van der Waals surface area (Å²) < 4.78 is 13.2. The molecule has 0 aliphatic rings. The molecule has 1 amide bonds. The molecule has 0 aliphatic carbocycles. The van der Waals surface area contributed by atoms with Crippen LogP contribution in [-0.2, 0) is 4.79 Å². The van der Waals surface area contributed by atoms with E-state index in [-0.39, 0.29) is 24.9 Å². The number of aliphatic hydroxyl groups excluding tert-OH is 1. The van der Waals surface area contributed by atoms with Crippen molar-refractivity contribution in [3.63, 3.8) is 0 Å². The number of amides is 1. The number of anilines is 1. The van der Waals surface area contributed by atoms with Crippen LogP contribution in [0.2, 0.25) is 0 Å². The molecule has 4 nitrogen and oxygen atoms in total. The van der Waals surface area contributed by atoms with Crippen molar-refractivity contribution in [3.05, 3.63) is 65.0 Å². The van der Waals surface area contributed by atoms with E-state index in [1.807, 2.05) is 32.0 Å². The second-order valence-electron chi connectivity index (χ2n) is 5.54. The lowest BCUT2D eigenvalue weighted by Crippen LogP contribution is -2.33. The largest absolute Gasteiger partial charge is 0.394 e. The summed E-state index contributed by atoms with van der Waals surface area (Å²) in [6.07, 6.45) is 0. The molecular formula is C18H21FN2O2. The molecule has 0 aliphatic heterocycles. The maximum Gasteiger partial charge on any atom is 0.238 e. The summed E-state index contributed by atoms with van der Waals surface area (Å²) in [6, 6.07) is 11.3. The van der Waals surface area contributed by atoms with Crippen molar-refractivity contribution in [1.82, 2.24) is 5.32 Å². The van der Waals surface area contributed by atoms with Crippen molar-refractivity contribution in [2.75, 3.05) is 18.5 Å². The van der Waals surface area contributed by atoms with Crippen LogP contribution in [0.25, 0.3) is 0 Å². The first-order chi connectivity index (χ1) is 11.0. The normalized spacial score (nSPS) is 12.0. The molecule has 1 unspecified atom stereocenters. The lowest BCUT2D eigenvalue weighted by molar-refractivity contribution is -0.115. The fourth-order valence-corrected chi connectivity index (χ4v) is 2.38. The highest BCUT2D eigenvalue weighted by Crippen LogP contribution is 2.16. The van der Waals surface area contributed by atoms with Gasteiger partial charge in [0, 0.05) is 5.69 Å². The van der Waals surface area contributed by atoms with Gasteiger partial charge in [0.2, 0.25) is 5.91 Å². The Kier molecular flexibility index (Phi) is 5.84. The van der Waals surface area contributed by atoms with Crippen molar-refractivity contribution in [2.24, 2.45) is 0 Å². The van der Waals surface area contributed by atoms with Gasteiger partial charge in [0.05, 0.1) is 19.2 Å². The van der Waals surface area contributed by atoms with Gasteiger partial charge in [-0.1, -0.05) is 29.8 Å². The standard InChI is InChI=1S/C18H21FN2O2/c1-12-6-7-16(13(2)8-12)21-18(23)10-20-17(11-22)14-4-3-5-15(19)9-14/h3-9,17,20,22H,10-11H2,1-2H3,(H,21,23). The molecule has 0 spiro atoms. The monoisotopic (exact) mass is 316 g/mol. The van der Waals surface area contributed by atoms with Gasteiger partial charge in [0.1, 0.15) is 5.82 Å². The van der Waals surface area contributed by atoms with Crippen molar-refractivity contribution >= 4 is 11.6 Å². The number of hydrogen-bond acceptors (Lipinski definition) is 3. The van der Waals surface area contributed by atoms with Gasteiger partial charge in [-0.15, -0.1) is 0 Å². The lowest BCUT2D eigenvalue weighted by atomic mass is 10.1. The van der Waals surface area contributed by atoms with E-state index in [4.69, 9.17) is 0 Å². The molecule has 23 heavy (non-hydrogen) atoms. The number of aryl methyl sites for hydroxylation is 2. The molecule has 0 heterocycles. The second kappa shape index (κ2) is 7.85. The summed E-state index contributed by atoms with van der Waals surface area (Å²) >= 11 is 0. The van der Waals surface area contributed by atoms with Crippen LogP contribution in [0.1, 0.15) is 22.7 Å². The Balaban J connectivity index is 1.94. The van der Waals surface area contributed by atoms with E-state index in [1.54, 1.807) is 12.1 Å². The van der Waals surface area contributed by atoms with Gasteiger partial charge in [-0.05, 0) is 43.2 Å². The molecule has 0 radical (unpaired) electrons. The minimum atomic E-state index is -0.490. The molecular weight excluding hydrogens is 295 g/mol. The van der Waals surface area contributed by atoms with Gasteiger partial charge in [0.25, 0.3) is 0 Å². The van der Waals surface area contributed by atoms with Crippen molar-refractivity contribution in [2.45, 2.75) is 19.9 Å². The summed E-state index contributed by atoms with van der Waals surface area (Å²) in [5, 5.41) is 15.2. The summed E-state index contributed by atoms with van der Waals surface area (Å²) in [5.41, 5.74) is 3.48. The van der Waals surface area contributed by atoms with E-state index >= 15 is 0 Å². The Labute approximate surface area is 135 Å². The molecule has 0 saturated carbocycles. The van der Waals surface area contributed by atoms with Crippen LogP contribution >= 0.6 is 0 Å². The van der Waals surface area contributed by atoms with E-state index in [2.05, 4.69) is 10.6 Å². The topological polar surface area (TPSA) is 61.4 Å². The predicted molar refractivity (Wildman–Crippen MR) is 88.8 cm³/mol. The van der Waals surface area contributed by atoms with Crippen LogP contribution in [0, 0.1) is 19.7 Å². The van der Waals surface area contributed by atoms with Crippen molar-refractivity contribution < 1.29 is 14.3 Å². The van der Waals surface area contributed by atoms with Crippen LogP contribution < -0.4 is 10.6 Å². The fraction of sp³-hybridized carbons (Fsp3) is 0.278. The molecule has 122 valence electrons. The average Bonchev–Trinajstić information content (AvgIpc) is 2.51. The highest BCUT2D eigenvalue weighted by atomic mass is 19.1. The molecule has 0 fully saturated rings. The fourth-order valence-electron chi connectivity index (χ4n) is 2.38. The Hall–Kier alpha value is -2.24. The third-order valence-electron chi connectivity index (χ3n) is 3.60. The van der Waals surface area contributed by atoms with Crippen LogP contribution in [0.15, 0.2) is 42.5 Å². The zero-order valence-corrected chi connectivity index (χ0v) is 13.3. The first-order valence-electron chi connectivity index (χ1n) is 7.46. The van der Waals surface area contributed by atoms with Gasteiger partial charge in [0.15, 0.2) is 0 Å². The number of carbonyl (C=O) groups excluding carboxylic acids is 1. The number of benzene rings is 2. The Morgan fingerprint density at radius 3 is 2.65 bits per heavy atom. The van der Waals surface area contributed by atoms with E-state index < -0.39 is 6.04 Å². The molecule has 0 bridgehead atoms. The molecule has 1 atom stereocenters. The minimum Gasteiger partial charge on any atom is -0.394 e. The first-order valence-corrected chi connectivity index (χ1v) is 7.46. The summed E-state index contributed by atoms with van der Waals surface area (Å²) in [7, 11) is 0. The van der Waals surface area contributed by atoms with Gasteiger partial charge in [-0.25, -0.2) is 4.39 Å². The van der Waals surface area contributed by atoms with E-state index in [9.17, 15) is 14.3 Å². The second-order valence-corrected chi connectivity index (χ2v) is 5.54. The van der Waals surface area contributed by atoms with Crippen molar-refractivity contribution in [3.8, 4) is 0 Å². The number of aliphatic hydroxyl groups is 1. The number of nitrogens with one attached hydrogen (secondary N) is 2. The minimum absolute atomic E-state index is 0.0229. The average molecular weight is 316 g/mol. The van der Waals surface area contributed by atoms with E-state index in [0.29, 0.717) is 5.56 Å². The van der Waals surface area contributed by atoms with E-state index in [1.165, 1.54) is 12.1 Å². The van der Waals surface area contributed by atoms with Gasteiger partial charge < -0.3 is 10.4 Å². The Morgan fingerprint density at radius 2 is 2.00 bits per heavy atom.